The SMILES string of the molecule is Cl.Nc1ccccc1CCC(=O)Nc1cccc(N2CCCC2=O)c1. The Morgan fingerprint density at radius 3 is 2.68 bits per heavy atom. The van der Waals surface area contributed by atoms with Crippen molar-refractivity contribution in [1.29, 1.82) is 0 Å². The van der Waals surface area contributed by atoms with Crippen molar-refractivity contribution >= 4 is 41.3 Å². The lowest BCUT2D eigenvalue weighted by atomic mass is 10.1. The van der Waals surface area contributed by atoms with Crippen LogP contribution in [0.1, 0.15) is 24.8 Å². The molecule has 1 fully saturated rings. The van der Waals surface area contributed by atoms with Crippen molar-refractivity contribution in [2.45, 2.75) is 25.7 Å². The molecule has 2 amide bonds. The van der Waals surface area contributed by atoms with Gasteiger partial charge in [0.25, 0.3) is 0 Å². The van der Waals surface area contributed by atoms with Gasteiger partial charge in [-0.1, -0.05) is 24.3 Å². The first-order chi connectivity index (χ1) is 11.6. The van der Waals surface area contributed by atoms with Gasteiger partial charge >= 0.3 is 0 Å². The number of aryl methyl sites for hydroxylation is 1. The minimum Gasteiger partial charge on any atom is -0.399 e. The van der Waals surface area contributed by atoms with Crippen molar-refractivity contribution in [3.8, 4) is 0 Å². The number of anilines is 3. The van der Waals surface area contributed by atoms with Gasteiger partial charge in [-0.3, -0.25) is 9.59 Å². The molecule has 3 rings (SSSR count). The first kappa shape index (κ1) is 18.8. The van der Waals surface area contributed by atoms with Crippen LogP contribution in [0.2, 0.25) is 0 Å². The zero-order valence-corrected chi connectivity index (χ0v) is 14.7. The Balaban J connectivity index is 0.00000225. The van der Waals surface area contributed by atoms with Gasteiger partial charge in [0.2, 0.25) is 11.8 Å². The maximum Gasteiger partial charge on any atom is 0.227 e. The maximum atomic E-state index is 12.2. The highest BCUT2D eigenvalue weighted by atomic mass is 35.5. The summed E-state index contributed by atoms with van der Waals surface area (Å²) in [7, 11) is 0. The molecule has 1 aliphatic rings. The van der Waals surface area contributed by atoms with E-state index < -0.39 is 0 Å². The number of para-hydroxylation sites is 1. The number of carbonyl (C=O) groups is 2. The molecule has 1 saturated heterocycles. The minimum atomic E-state index is -0.0665. The van der Waals surface area contributed by atoms with Gasteiger partial charge in [0.1, 0.15) is 0 Å². The van der Waals surface area contributed by atoms with E-state index in [0.717, 1.165) is 24.2 Å². The summed E-state index contributed by atoms with van der Waals surface area (Å²) in [5.74, 6) is 0.0705. The number of nitrogens with one attached hydrogen (secondary N) is 1. The van der Waals surface area contributed by atoms with Crippen molar-refractivity contribution in [3.63, 3.8) is 0 Å². The Kier molecular flexibility index (Phi) is 6.42. The largest absolute Gasteiger partial charge is 0.399 e. The van der Waals surface area contributed by atoms with E-state index in [-0.39, 0.29) is 24.2 Å². The summed E-state index contributed by atoms with van der Waals surface area (Å²) >= 11 is 0. The van der Waals surface area contributed by atoms with Crippen LogP contribution in [-0.2, 0) is 16.0 Å². The zero-order chi connectivity index (χ0) is 16.9. The van der Waals surface area contributed by atoms with E-state index in [1.165, 1.54) is 0 Å². The Bertz CT molecular complexity index is 764. The average molecular weight is 360 g/mol. The smallest absolute Gasteiger partial charge is 0.227 e. The molecule has 3 N–H and O–H groups in total. The summed E-state index contributed by atoms with van der Waals surface area (Å²) in [6, 6.07) is 15.0. The molecule has 1 aliphatic heterocycles. The third-order valence-electron chi connectivity index (χ3n) is 4.19. The highest BCUT2D eigenvalue weighted by molar-refractivity contribution is 5.97. The normalized spacial score (nSPS) is 13.4. The average Bonchev–Trinajstić information content (AvgIpc) is 3.00. The van der Waals surface area contributed by atoms with E-state index >= 15 is 0 Å². The van der Waals surface area contributed by atoms with Crippen LogP contribution < -0.4 is 16.0 Å². The molecule has 0 unspecified atom stereocenters. The van der Waals surface area contributed by atoms with Crippen LogP contribution in [0.4, 0.5) is 17.1 Å². The minimum absolute atomic E-state index is 0. The van der Waals surface area contributed by atoms with Crippen LogP contribution in [0.5, 0.6) is 0 Å². The third kappa shape index (κ3) is 4.73. The van der Waals surface area contributed by atoms with E-state index in [1.54, 1.807) is 4.90 Å². The molecule has 0 saturated carbocycles. The molecule has 0 radical (unpaired) electrons. The number of hydrogen-bond donors (Lipinski definition) is 2. The predicted molar refractivity (Wildman–Crippen MR) is 103 cm³/mol. The molecule has 2 aromatic carbocycles. The Morgan fingerprint density at radius 2 is 1.96 bits per heavy atom. The van der Waals surface area contributed by atoms with E-state index in [9.17, 15) is 9.59 Å². The summed E-state index contributed by atoms with van der Waals surface area (Å²) in [5, 5.41) is 2.89. The summed E-state index contributed by atoms with van der Waals surface area (Å²) in [6.45, 7) is 0.740. The number of rotatable bonds is 5. The summed E-state index contributed by atoms with van der Waals surface area (Å²) in [4.78, 5) is 25.8. The van der Waals surface area contributed by atoms with E-state index in [0.29, 0.717) is 30.6 Å². The standard InChI is InChI=1S/C19H21N3O2.ClH/c20-17-8-2-1-5-14(17)10-11-18(23)21-15-6-3-7-16(13-15)22-12-4-9-19(22)24;/h1-3,5-8,13H,4,9-12,20H2,(H,21,23);1H. The van der Waals surface area contributed by atoms with Gasteiger partial charge < -0.3 is 16.0 Å². The fourth-order valence-electron chi connectivity index (χ4n) is 2.91. The number of nitrogen functional groups attached to an aromatic ring is 1. The molecule has 6 heteroatoms. The van der Waals surface area contributed by atoms with Gasteiger partial charge in [0.05, 0.1) is 0 Å². The van der Waals surface area contributed by atoms with Gasteiger partial charge in [-0.25, -0.2) is 0 Å². The van der Waals surface area contributed by atoms with Crippen molar-refractivity contribution in [1.82, 2.24) is 0 Å². The Labute approximate surface area is 153 Å². The summed E-state index contributed by atoms with van der Waals surface area (Å²) < 4.78 is 0. The first-order valence-electron chi connectivity index (χ1n) is 8.17. The van der Waals surface area contributed by atoms with Crippen LogP contribution in [0.15, 0.2) is 48.5 Å². The maximum absolute atomic E-state index is 12.2. The first-order valence-corrected chi connectivity index (χ1v) is 8.17. The van der Waals surface area contributed by atoms with Crippen molar-refractivity contribution in [2.24, 2.45) is 0 Å². The number of carbonyl (C=O) groups excluding carboxylic acids is 2. The lowest BCUT2D eigenvalue weighted by Gasteiger charge is -2.16. The molecule has 0 atom stereocenters. The second-order valence-corrected chi connectivity index (χ2v) is 5.95. The summed E-state index contributed by atoms with van der Waals surface area (Å²) in [5.41, 5.74) is 9.12. The van der Waals surface area contributed by atoms with Crippen LogP contribution in [-0.4, -0.2) is 18.4 Å². The number of amides is 2. The van der Waals surface area contributed by atoms with E-state index in [1.807, 2.05) is 48.5 Å². The summed E-state index contributed by atoms with van der Waals surface area (Å²) in [6.07, 6.45) is 2.44. The van der Waals surface area contributed by atoms with Crippen molar-refractivity contribution in [2.75, 3.05) is 22.5 Å². The highest BCUT2D eigenvalue weighted by Gasteiger charge is 2.21. The van der Waals surface area contributed by atoms with Crippen molar-refractivity contribution < 1.29 is 9.59 Å². The predicted octanol–water partition coefficient (Wildman–Crippen LogP) is 3.39. The number of hydrogen-bond acceptors (Lipinski definition) is 3. The topological polar surface area (TPSA) is 75.4 Å². The molecule has 0 bridgehead atoms. The molecule has 0 spiro atoms. The van der Waals surface area contributed by atoms with Gasteiger partial charge in [-0.15, -0.1) is 12.4 Å². The number of benzene rings is 2. The van der Waals surface area contributed by atoms with Gasteiger partial charge in [-0.2, -0.15) is 0 Å². The molecular formula is C19H22ClN3O2. The number of nitrogens with two attached hydrogens (primary N) is 1. The molecule has 0 aromatic heterocycles. The number of halogens is 1. The van der Waals surface area contributed by atoms with Crippen LogP contribution in [0, 0.1) is 0 Å². The van der Waals surface area contributed by atoms with Crippen LogP contribution >= 0.6 is 12.4 Å². The lowest BCUT2D eigenvalue weighted by Crippen LogP contribution is -2.23. The van der Waals surface area contributed by atoms with Crippen LogP contribution in [0.25, 0.3) is 0 Å². The lowest BCUT2D eigenvalue weighted by molar-refractivity contribution is -0.117. The fourth-order valence-corrected chi connectivity index (χ4v) is 2.91. The Hall–Kier alpha value is -2.53. The zero-order valence-electron chi connectivity index (χ0n) is 13.9. The van der Waals surface area contributed by atoms with Gasteiger partial charge in [-0.05, 0) is 42.7 Å². The van der Waals surface area contributed by atoms with E-state index in [4.69, 9.17) is 5.73 Å². The van der Waals surface area contributed by atoms with Gasteiger partial charge in [0, 0.05) is 36.4 Å². The monoisotopic (exact) mass is 359 g/mol. The highest BCUT2D eigenvalue weighted by Crippen LogP contribution is 2.24. The molecule has 0 aliphatic carbocycles. The quantitative estimate of drug-likeness (QED) is 0.803. The molecule has 1 heterocycles. The second-order valence-electron chi connectivity index (χ2n) is 5.95. The molecule has 25 heavy (non-hydrogen) atoms. The Morgan fingerprint density at radius 1 is 1.16 bits per heavy atom. The molecule has 5 nitrogen and oxygen atoms in total. The van der Waals surface area contributed by atoms with Gasteiger partial charge in [0.15, 0.2) is 0 Å². The molecular weight excluding hydrogens is 338 g/mol. The second kappa shape index (κ2) is 8.53. The molecule has 132 valence electrons. The van der Waals surface area contributed by atoms with Crippen LogP contribution in [0.3, 0.4) is 0 Å². The molecule has 2 aromatic rings. The fraction of sp³-hybridized carbons (Fsp3) is 0.263. The third-order valence-corrected chi connectivity index (χ3v) is 4.19. The van der Waals surface area contributed by atoms with E-state index in [2.05, 4.69) is 5.32 Å². The number of nitrogens with zero attached hydrogens (tertiary/aromatic N) is 1. The van der Waals surface area contributed by atoms with Crippen molar-refractivity contribution in [3.05, 3.63) is 54.1 Å².